The summed E-state index contributed by atoms with van der Waals surface area (Å²) in [5.41, 5.74) is 8.38. The predicted octanol–water partition coefficient (Wildman–Crippen LogP) is 2.69. The van der Waals surface area contributed by atoms with Crippen LogP contribution >= 0.6 is 11.3 Å². The molecule has 0 amide bonds. The molecular formula is C16H17N3OS. The van der Waals surface area contributed by atoms with Crippen molar-refractivity contribution in [3.8, 4) is 17.3 Å². The summed E-state index contributed by atoms with van der Waals surface area (Å²) in [5, 5.41) is 12.3. The molecule has 4 nitrogen and oxygen atoms in total. The van der Waals surface area contributed by atoms with E-state index < -0.39 is 0 Å². The van der Waals surface area contributed by atoms with Crippen LogP contribution in [0.15, 0.2) is 29.6 Å². The van der Waals surface area contributed by atoms with Crippen molar-refractivity contribution in [2.24, 2.45) is 5.73 Å². The molecular weight excluding hydrogens is 282 g/mol. The van der Waals surface area contributed by atoms with Gasteiger partial charge >= 0.3 is 0 Å². The highest BCUT2D eigenvalue weighted by Gasteiger charge is 2.36. The fourth-order valence-corrected chi connectivity index (χ4v) is 3.80. The van der Waals surface area contributed by atoms with Crippen molar-refractivity contribution in [1.82, 2.24) is 4.98 Å². The normalized spacial score (nSPS) is 17.3. The Hall–Kier alpha value is -1.74. The second-order valence-corrected chi connectivity index (χ2v) is 6.15. The van der Waals surface area contributed by atoms with E-state index in [1.54, 1.807) is 11.3 Å². The maximum Gasteiger partial charge on any atom is 0.101 e. The van der Waals surface area contributed by atoms with Crippen molar-refractivity contribution < 1.29 is 4.74 Å². The first kappa shape index (κ1) is 14.2. The van der Waals surface area contributed by atoms with Gasteiger partial charge in [0.15, 0.2) is 0 Å². The van der Waals surface area contributed by atoms with E-state index in [1.807, 2.05) is 29.6 Å². The number of nitriles is 1. The van der Waals surface area contributed by atoms with Gasteiger partial charge in [0.25, 0.3) is 0 Å². The quantitative estimate of drug-likeness (QED) is 0.945. The molecule has 2 heterocycles. The third-order valence-corrected chi connectivity index (χ3v) is 5.21. The average molecular weight is 299 g/mol. The number of ether oxygens (including phenoxy) is 1. The molecule has 0 atom stereocenters. The van der Waals surface area contributed by atoms with Crippen LogP contribution in [0.3, 0.4) is 0 Å². The average Bonchev–Trinajstić information content (AvgIpc) is 3.06. The van der Waals surface area contributed by atoms with Crippen LogP contribution in [0.1, 0.15) is 23.4 Å². The zero-order valence-corrected chi connectivity index (χ0v) is 12.5. The largest absolute Gasteiger partial charge is 0.381 e. The lowest BCUT2D eigenvalue weighted by Crippen LogP contribution is -2.40. The molecule has 0 radical (unpaired) electrons. The van der Waals surface area contributed by atoms with Crippen LogP contribution in [0.4, 0.5) is 0 Å². The van der Waals surface area contributed by atoms with Crippen LogP contribution in [0.25, 0.3) is 11.3 Å². The lowest BCUT2D eigenvalue weighted by molar-refractivity contribution is 0.0529. The van der Waals surface area contributed by atoms with Gasteiger partial charge in [0, 0.05) is 36.1 Å². The van der Waals surface area contributed by atoms with Crippen LogP contribution in [0.2, 0.25) is 0 Å². The highest BCUT2D eigenvalue weighted by atomic mass is 32.1. The Labute approximate surface area is 128 Å². The highest BCUT2D eigenvalue weighted by Crippen LogP contribution is 2.37. The van der Waals surface area contributed by atoms with Gasteiger partial charge in [0.1, 0.15) is 5.01 Å². The summed E-state index contributed by atoms with van der Waals surface area (Å²) in [6.45, 7) is 2.06. The second kappa shape index (κ2) is 5.94. The lowest BCUT2D eigenvalue weighted by atomic mass is 9.81. The van der Waals surface area contributed by atoms with Crippen molar-refractivity contribution in [2.75, 3.05) is 19.8 Å². The minimum atomic E-state index is -0.0667. The molecule has 1 saturated heterocycles. The van der Waals surface area contributed by atoms with Gasteiger partial charge < -0.3 is 10.5 Å². The Bertz CT molecular complexity index is 668. The molecule has 1 fully saturated rings. The summed E-state index contributed by atoms with van der Waals surface area (Å²) >= 11 is 1.64. The number of nitrogens with two attached hydrogens (primary N) is 1. The Morgan fingerprint density at radius 2 is 2.10 bits per heavy atom. The number of aromatic nitrogens is 1. The molecule has 3 rings (SSSR count). The standard InChI is InChI=1S/C16H17N3OS/c17-9-12-3-1-2-4-13(12)14-10-21-15(19-14)16(11-18)5-7-20-8-6-16/h1-4,10H,5-8,11,18H2. The van der Waals surface area contributed by atoms with Gasteiger partial charge in [-0.3, -0.25) is 0 Å². The Morgan fingerprint density at radius 3 is 2.81 bits per heavy atom. The van der Waals surface area contributed by atoms with Gasteiger partial charge in [0.05, 0.1) is 17.3 Å². The first-order valence-corrected chi connectivity index (χ1v) is 7.90. The van der Waals surface area contributed by atoms with Gasteiger partial charge in [-0.25, -0.2) is 4.98 Å². The number of hydrogen-bond donors (Lipinski definition) is 1. The van der Waals surface area contributed by atoms with Crippen LogP contribution in [-0.4, -0.2) is 24.7 Å². The van der Waals surface area contributed by atoms with Gasteiger partial charge in [-0.15, -0.1) is 11.3 Å². The topological polar surface area (TPSA) is 71.9 Å². The molecule has 5 heteroatoms. The number of rotatable bonds is 3. The minimum Gasteiger partial charge on any atom is -0.381 e. The van der Waals surface area contributed by atoms with Crippen molar-refractivity contribution >= 4 is 11.3 Å². The van der Waals surface area contributed by atoms with E-state index >= 15 is 0 Å². The Balaban J connectivity index is 1.98. The fraction of sp³-hybridized carbons (Fsp3) is 0.375. The summed E-state index contributed by atoms with van der Waals surface area (Å²) in [5.74, 6) is 0. The van der Waals surface area contributed by atoms with E-state index in [9.17, 15) is 5.26 Å². The van der Waals surface area contributed by atoms with E-state index in [2.05, 4.69) is 6.07 Å². The molecule has 0 aliphatic carbocycles. The summed E-state index contributed by atoms with van der Waals surface area (Å²) in [4.78, 5) is 4.79. The maximum atomic E-state index is 9.22. The smallest absolute Gasteiger partial charge is 0.101 e. The van der Waals surface area contributed by atoms with Crippen LogP contribution < -0.4 is 5.73 Å². The maximum absolute atomic E-state index is 9.22. The van der Waals surface area contributed by atoms with E-state index in [0.717, 1.165) is 42.3 Å². The molecule has 0 bridgehead atoms. The van der Waals surface area contributed by atoms with Crippen molar-refractivity contribution in [1.29, 1.82) is 5.26 Å². The van der Waals surface area contributed by atoms with Gasteiger partial charge in [-0.2, -0.15) is 5.26 Å². The number of benzene rings is 1. The summed E-state index contributed by atoms with van der Waals surface area (Å²) in [7, 11) is 0. The molecule has 1 aromatic heterocycles. The van der Waals surface area contributed by atoms with Crippen molar-refractivity contribution in [2.45, 2.75) is 18.3 Å². The number of hydrogen-bond acceptors (Lipinski definition) is 5. The van der Waals surface area contributed by atoms with Gasteiger partial charge in [-0.05, 0) is 18.9 Å². The zero-order valence-electron chi connectivity index (χ0n) is 11.7. The third-order valence-electron chi connectivity index (χ3n) is 4.12. The van der Waals surface area contributed by atoms with E-state index in [1.165, 1.54) is 0 Å². The molecule has 2 aromatic rings. The van der Waals surface area contributed by atoms with Crippen LogP contribution in [0.5, 0.6) is 0 Å². The van der Waals surface area contributed by atoms with Gasteiger partial charge in [-0.1, -0.05) is 18.2 Å². The summed E-state index contributed by atoms with van der Waals surface area (Å²) < 4.78 is 5.45. The Morgan fingerprint density at radius 1 is 1.33 bits per heavy atom. The van der Waals surface area contributed by atoms with Crippen LogP contribution in [0, 0.1) is 11.3 Å². The summed E-state index contributed by atoms with van der Waals surface area (Å²) in [6.07, 6.45) is 1.83. The first-order chi connectivity index (χ1) is 10.3. The molecule has 0 unspecified atom stereocenters. The van der Waals surface area contributed by atoms with E-state index in [-0.39, 0.29) is 5.41 Å². The van der Waals surface area contributed by atoms with E-state index in [4.69, 9.17) is 15.5 Å². The Kier molecular flexibility index (Phi) is 4.02. The highest BCUT2D eigenvalue weighted by molar-refractivity contribution is 7.10. The fourth-order valence-electron chi connectivity index (χ4n) is 2.71. The number of nitrogens with zero attached hydrogens (tertiary/aromatic N) is 2. The van der Waals surface area contributed by atoms with Crippen LogP contribution in [-0.2, 0) is 10.2 Å². The molecule has 0 spiro atoms. The molecule has 1 aliphatic rings. The third kappa shape index (κ3) is 2.58. The monoisotopic (exact) mass is 299 g/mol. The second-order valence-electron chi connectivity index (χ2n) is 5.29. The zero-order chi connectivity index (χ0) is 14.7. The molecule has 108 valence electrons. The lowest BCUT2D eigenvalue weighted by Gasteiger charge is -2.34. The minimum absolute atomic E-state index is 0.0667. The SMILES string of the molecule is N#Cc1ccccc1-c1csc(C2(CN)CCOCC2)n1. The van der Waals surface area contributed by atoms with Crippen molar-refractivity contribution in [3.63, 3.8) is 0 Å². The molecule has 21 heavy (non-hydrogen) atoms. The van der Waals surface area contributed by atoms with E-state index in [0.29, 0.717) is 12.1 Å². The molecule has 0 saturated carbocycles. The molecule has 1 aliphatic heterocycles. The van der Waals surface area contributed by atoms with Crippen molar-refractivity contribution in [3.05, 3.63) is 40.2 Å². The molecule has 1 aromatic carbocycles. The number of thiazole rings is 1. The molecule has 2 N–H and O–H groups in total. The van der Waals surface area contributed by atoms with Gasteiger partial charge in [0.2, 0.25) is 0 Å². The summed E-state index contributed by atoms with van der Waals surface area (Å²) in [6, 6.07) is 9.79. The predicted molar refractivity (Wildman–Crippen MR) is 83.1 cm³/mol. The first-order valence-electron chi connectivity index (χ1n) is 7.02.